The molecule has 0 atom stereocenters. The van der Waals surface area contributed by atoms with Gasteiger partial charge in [-0.1, -0.05) is 41.6 Å². The molecule has 1 N–H and O–H groups in total. The highest BCUT2D eigenvalue weighted by Gasteiger charge is 2.17. The van der Waals surface area contributed by atoms with Gasteiger partial charge in [0.15, 0.2) is 10.9 Å². The van der Waals surface area contributed by atoms with Crippen LogP contribution in [0, 0.1) is 6.92 Å². The SMILES string of the molecule is COc1ccc(C(=O)CSc2nc3scc(-c4ccc(C)cc4)c3c(=O)[nH]2)c(OC)c1. The van der Waals surface area contributed by atoms with Gasteiger partial charge in [0.25, 0.3) is 5.56 Å². The zero-order valence-electron chi connectivity index (χ0n) is 17.2. The molecule has 0 aliphatic heterocycles. The molecule has 0 aliphatic rings. The van der Waals surface area contributed by atoms with Gasteiger partial charge in [0.1, 0.15) is 16.3 Å². The van der Waals surface area contributed by atoms with Crippen molar-refractivity contribution in [2.24, 2.45) is 0 Å². The molecule has 31 heavy (non-hydrogen) atoms. The summed E-state index contributed by atoms with van der Waals surface area (Å²) in [5, 5.41) is 2.93. The first-order chi connectivity index (χ1) is 15.0. The van der Waals surface area contributed by atoms with Gasteiger partial charge in [-0.15, -0.1) is 11.3 Å². The minimum absolute atomic E-state index is 0.118. The number of nitrogens with zero attached hydrogens (tertiary/aromatic N) is 1. The number of ketones is 1. The van der Waals surface area contributed by atoms with Gasteiger partial charge < -0.3 is 14.5 Å². The second kappa shape index (κ2) is 8.95. The number of aromatic amines is 1. The first-order valence-corrected chi connectivity index (χ1v) is 11.3. The zero-order chi connectivity index (χ0) is 22.0. The standard InChI is InChI=1S/C23H20N2O4S2/c1-13-4-6-14(7-5-13)17-11-30-22-20(17)21(27)24-23(25-22)31-12-18(26)16-9-8-15(28-2)10-19(16)29-3/h4-11H,12H2,1-3H3,(H,24,25,27). The fraction of sp³-hybridized carbons (Fsp3) is 0.174. The zero-order valence-corrected chi connectivity index (χ0v) is 18.9. The Balaban J connectivity index is 1.57. The molecule has 0 aliphatic carbocycles. The second-order valence-electron chi connectivity index (χ2n) is 6.84. The largest absolute Gasteiger partial charge is 0.497 e. The van der Waals surface area contributed by atoms with Gasteiger partial charge in [0, 0.05) is 17.0 Å². The number of rotatable bonds is 7. The number of ether oxygens (including phenoxy) is 2. The van der Waals surface area contributed by atoms with Crippen LogP contribution in [0.1, 0.15) is 15.9 Å². The van der Waals surface area contributed by atoms with Gasteiger partial charge in [-0.2, -0.15) is 0 Å². The van der Waals surface area contributed by atoms with E-state index in [-0.39, 0.29) is 17.1 Å². The lowest BCUT2D eigenvalue weighted by Crippen LogP contribution is -2.10. The monoisotopic (exact) mass is 452 g/mol. The van der Waals surface area contributed by atoms with Crippen LogP contribution in [0.4, 0.5) is 0 Å². The number of aromatic nitrogens is 2. The number of thioether (sulfide) groups is 1. The number of benzene rings is 2. The van der Waals surface area contributed by atoms with Gasteiger partial charge >= 0.3 is 0 Å². The van der Waals surface area contributed by atoms with Crippen LogP contribution in [0.2, 0.25) is 0 Å². The third-order valence-corrected chi connectivity index (χ3v) is 6.58. The Hall–Kier alpha value is -3.10. The number of aryl methyl sites for hydroxylation is 1. The number of hydrogen-bond acceptors (Lipinski definition) is 7. The van der Waals surface area contributed by atoms with E-state index in [4.69, 9.17) is 9.47 Å². The smallest absolute Gasteiger partial charge is 0.260 e. The van der Waals surface area contributed by atoms with Crippen LogP contribution in [-0.4, -0.2) is 35.7 Å². The number of hydrogen-bond donors (Lipinski definition) is 1. The normalized spacial score (nSPS) is 10.9. The van der Waals surface area contributed by atoms with Crippen molar-refractivity contribution >= 4 is 39.1 Å². The summed E-state index contributed by atoms with van der Waals surface area (Å²) in [6.07, 6.45) is 0. The molecule has 2 heterocycles. The minimum atomic E-state index is -0.209. The topological polar surface area (TPSA) is 81.3 Å². The minimum Gasteiger partial charge on any atom is -0.497 e. The van der Waals surface area contributed by atoms with E-state index in [1.807, 2.05) is 36.6 Å². The second-order valence-corrected chi connectivity index (χ2v) is 8.67. The van der Waals surface area contributed by atoms with Crippen LogP contribution in [0.5, 0.6) is 11.5 Å². The Morgan fingerprint density at radius 2 is 1.90 bits per heavy atom. The van der Waals surface area contributed by atoms with Crippen molar-refractivity contribution in [2.75, 3.05) is 20.0 Å². The summed E-state index contributed by atoms with van der Waals surface area (Å²) in [7, 11) is 3.06. The van der Waals surface area contributed by atoms with Gasteiger partial charge in [0.05, 0.1) is 30.9 Å². The molecule has 2 aromatic heterocycles. The molecular formula is C23H20N2O4S2. The molecular weight excluding hydrogens is 432 g/mol. The quantitative estimate of drug-likeness (QED) is 0.243. The number of carbonyl (C=O) groups excluding carboxylic acids is 1. The van der Waals surface area contributed by atoms with Crippen LogP contribution in [0.3, 0.4) is 0 Å². The van der Waals surface area contributed by atoms with Crippen molar-refractivity contribution in [3.05, 3.63) is 69.3 Å². The van der Waals surface area contributed by atoms with E-state index in [1.54, 1.807) is 25.3 Å². The van der Waals surface area contributed by atoms with Crippen molar-refractivity contribution in [3.63, 3.8) is 0 Å². The molecule has 4 rings (SSSR count). The van der Waals surface area contributed by atoms with Gasteiger partial charge in [0.2, 0.25) is 0 Å². The summed E-state index contributed by atoms with van der Waals surface area (Å²) in [5.74, 6) is 1.05. The third-order valence-electron chi connectivity index (χ3n) is 4.83. The molecule has 2 aromatic carbocycles. The number of nitrogens with one attached hydrogen (secondary N) is 1. The van der Waals surface area contributed by atoms with Crippen molar-refractivity contribution < 1.29 is 14.3 Å². The van der Waals surface area contributed by atoms with Crippen LogP contribution in [0.25, 0.3) is 21.3 Å². The van der Waals surface area contributed by atoms with Crippen LogP contribution >= 0.6 is 23.1 Å². The number of Topliss-reactive ketones (excluding diaryl/α,β-unsaturated/α-hetero) is 1. The lowest BCUT2D eigenvalue weighted by atomic mass is 10.1. The Morgan fingerprint density at radius 1 is 1.13 bits per heavy atom. The van der Waals surface area contributed by atoms with Crippen molar-refractivity contribution in [1.82, 2.24) is 9.97 Å². The van der Waals surface area contributed by atoms with Crippen molar-refractivity contribution in [3.8, 4) is 22.6 Å². The average Bonchev–Trinajstić information content (AvgIpc) is 3.22. The predicted octanol–water partition coefficient (Wildman–Crippen LogP) is 4.95. The molecule has 0 radical (unpaired) electrons. The Labute approximate surface area is 187 Å². The number of carbonyl (C=O) groups is 1. The first kappa shape index (κ1) is 21.1. The van der Waals surface area contributed by atoms with E-state index in [1.165, 1.54) is 30.2 Å². The summed E-state index contributed by atoms with van der Waals surface area (Å²) in [5.41, 5.74) is 3.25. The summed E-state index contributed by atoms with van der Waals surface area (Å²) < 4.78 is 10.5. The number of fused-ring (bicyclic) bond motifs is 1. The lowest BCUT2D eigenvalue weighted by Gasteiger charge is -2.09. The fourth-order valence-corrected chi connectivity index (χ4v) is 4.93. The summed E-state index contributed by atoms with van der Waals surface area (Å²) >= 11 is 2.61. The van der Waals surface area contributed by atoms with E-state index >= 15 is 0 Å². The molecule has 8 heteroatoms. The van der Waals surface area contributed by atoms with E-state index in [0.29, 0.717) is 32.4 Å². The van der Waals surface area contributed by atoms with Crippen molar-refractivity contribution in [1.29, 1.82) is 0 Å². The predicted molar refractivity (Wildman–Crippen MR) is 125 cm³/mol. The number of thiophene rings is 1. The summed E-state index contributed by atoms with van der Waals surface area (Å²) in [4.78, 5) is 33.5. The summed E-state index contributed by atoms with van der Waals surface area (Å²) in [6.45, 7) is 2.02. The molecule has 0 saturated carbocycles. The maximum Gasteiger partial charge on any atom is 0.260 e. The molecule has 158 valence electrons. The lowest BCUT2D eigenvalue weighted by molar-refractivity contribution is 0.101. The Morgan fingerprint density at radius 3 is 2.61 bits per heavy atom. The molecule has 4 aromatic rings. The van der Waals surface area contributed by atoms with Gasteiger partial charge in [-0.25, -0.2) is 4.98 Å². The van der Waals surface area contributed by atoms with Crippen molar-refractivity contribution in [2.45, 2.75) is 12.1 Å². The molecule has 0 saturated heterocycles. The van der Waals surface area contributed by atoms with Gasteiger partial charge in [-0.3, -0.25) is 9.59 Å². The highest BCUT2D eigenvalue weighted by atomic mass is 32.2. The van der Waals surface area contributed by atoms with E-state index in [9.17, 15) is 9.59 Å². The molecule has 0 unspecified atom stereocenters. The molecule has 0 fully saturated rings. The van der Waals surface area contributed by atoms with Crippen LogP contribution in [0.15, 0.2) is 57.8 Å². The fourth-order valence-electron chi connectivity index (χ4n) is 3.18. The molecule has 6 nitrogen and oxygen atoms in total. The Bertz CT molecular complexity index is 1310. The van der Waals surface area contributed by atoms with E-state index in [2.05, 4.69) is 9.97 Å². The number of H-pyrrole nitrogens is 1. The highest BCUT2D eigenvalue weighted by molar-refractivity contribution is 7.99. The first-order valence-electron chi connectivity index (χ1n) is 9.46. The van der Waals surface area contributed by atoms with Crippen LogP contribution in [-0.2, 0) is 0 Å². The van der Waals surface area contributed by atoms with Crippen LogP contribution < -0.4 is 15.0 Å². The Kier molecular flexibility index (Phi) is 6.11. The van der Waals surface area contributed by atoms with E-state index in [0.717, 1.165) is 16.7 Å². The number of methoxy groups -OCH3 is 2. The molecule has 0 amide bonds. The maximum atomic E-state index is 12.8. The molecule has 0 spiro atoms. The van der Waals surface area contributed by atoms with E-state index < -0.39 is 0 Å². The average molecular weight is 453 g/mol. The molecule has 0 bridgehead atoms. The maximum absolute atomic E-state index is 12.8. The van der Waals surface area contributed by atoms with Gasteiger partial charge in [-0.05, 0) is 24.6 Å². The highest BCUT2D eigenvalue weighted by Crippen LogP contribution is 2.32. The summed E-state index contributed by atoms with van der Waals surface area (Å²) in [6, 6.07) is 13.1. The third kappa shape index (κ3) is 4.35.